The number of hydrogen-bond donors (Lipinski definition) is 5. The zero-order chi connectivity index (χ0) is 44.7. The highest BCUT2D eigenvalue weighted by Crippen LogP contribution is 2.54. The van der Waals surface area contributed by atoms with Crippen molar-refractivity contribution in [3.8, 4) is 17.2 Å². The van der Waals surface area contributed by atoms with Crippen molar-refractivity contribution in [3.05, 3.63) is 83.3 Å². The Morgan fingerprint density at radius 1 is 1.02 bits per heavy atom. The molecule has 0 saturated carbocycles. The summed E-state index contributed by atoms with van der Waals surface area (Å²) in [7, 11) is 1.46. The fourth-order valence-corrected chi connectivity index (χ4v) is 8.48. The second-order valence-corrected chi connectivity index (χ2v) is 16.5. The number of pyridine rings is 1. The Bertz CT molecular complexity index is 2500. The standard InChI is InChI=1S/C47H57N3O11/c1-11-12-13-17-30-18-20-50-32(22-30)48-36-33-34-41(54)28(7)44-35(33)45(56)47(9,61-44)59-21-19-31(58-10)25(4)43(60-29(8)51)27(6)40(53)26(5)39(52)23(2)15-14-16-24(3)46(57)49-37(38(36)50)42(34)55/h12-16,18-23,25-27,31,39-40,43,52-55H,11,17H2,1-10H3,(H,49,57). The van der Waals surface area contributed by atoms with Gasteiger partial charge in [-0.1, -0.05) is 65.0 Å². The van der Waals surface area contributed by atoms with E-state index < -0.39 is 77.3 Å². The molecule has 14 nitrogen and oxygen atoms in total. The number of phenols is 2. The zero-order valence-corrected chi connectivity index (χ0v) is 36.3. The molecule has 2 aromatic carbocycles. The largest absolute Gasteiger partial charge is 0.507 e. The zero-order valence-electron chi connectivity index (χ0n) is 36.3. The van der Waals surface area contributed by atoms with E-state index >= 15 is 0 Å². The van der Waals surface area contributed by atoms with Crippen LogP contribution in [0.5, 0.6) is 17.2 Å². The monoisotopic (exact) mass is 839 g/mol. The van der Waals surface area contributed by atoms with E-state index in [9.17, 15) is 34.8 Å². The molecule has 0 fully saturated rings. The molecule has 3 aliphatic heterocycles. The maximum absolute atomic E-state index is 14.7. The number of esters is 1. The van der Waals surface area contributed by atoms with E-state index in [1.165, 1.54) is 27.2 Å². The third-order valence-electron chi connectivity index (χ3n) is 12.2. The molecule has 14 heteroatoms. The number of Topliss-reactive ketones (excluding diaryl/α,β-unsaturated/α-hetero) is 1. The average Bonchev–Trinajstić information content (AvgIpc) is 3.73. The summed E-state index contributed by atoms with van der Waals surface area (Å²) in [4.78, 5) is 46.0. The van der Waals surface area contributed by atoms with Crippen molar-refractivity contribution < 1.29 is 53.8 Å². The minimum atomic E-state index is -1.97. The lowest BCUT2D eigenvalue weighted by Crippen LogP contribution is -2.46. The number of aromatic nitrogens is 2. The maximum atomic E-state index is 14.7. The number of carbonyl (C=O) groups is 3. The molecule has 0 radical (unpaired) electrons. The first-order chi connectivity index (χ1) is 28.9. The van der Waals surface area contributed by atoms with Crippen LogP contribution in [-0.4, -0.2) is 84.8 Å². The number of carbonyl (C=O) groups excluding carboxylic acids is 3. The summed E-state index contributed by atoms with van der Waals surface area (Å²) in [6.07, 6.45) is 11.3. The molecule has 7 rings (SSSR count). The Hall–Kier alpha value is -5.70. The van der Waals surface area contributed by atoms with Crippen LogP contribution in [0.15, 0.2) is 66.6 Å². The second kappa shape index (κ2) is 17.7. The van der Waals surface area contributed by atoms with Gasteiger partial charge in [-0.25, -0.2) is 4.98 Å². The maximum Gasteiger partial charge on any atom is 0.312 e. The number of fused-ring (bicyclic) bond motifs is 14. The molecule has 5 heterocycles. The second-order valence-electron chi connectivity index (χ2n) is 16.5. The van der Waals surface area contributed by atoms with Gasteiger partial charge in [0.25, 0.3) is 11.7 Å². The minimum Gasteiger partial charge on any atom is -0.507 e. The number of amides is 1. The number of aromatic hydroxyl groups is 2. The van der Waals surface area contributed by atoms with E-state index in [0.29, 0.717) is 12.1 Å². The predicted molar refractivity (Wildman–Crippen MR) is 232 cm³/mol. The van der Waals surface area contributed by atoms with Crippen LogP contribution in [0.2, 0.25) is 0 Å². The Morgan fingerprint density at radius 3 is 2.41 bits per heavy atom. The van der Waals surface area contributed by atoms with Crippen LogP contribution in [0.4, 0.5) is 5.69 Å². The molecule has 61 heavy (non-hydrogen) atoms. The number of methoxy groups -OCH3 is 1. The summed E-state index contributed by atoms with van der Waals surface area (Å²) in [5, 5.41) is 49.8. The van der Waals surface area contributed by atoms with Crippen LogP contribution in [0, 0.1) is 30.6 Å². The van der Waals surface area contributed by atoms with Crippen molar-refractivity contribution in [2.45, 2.75) is 105 Å². The highest BCUT2D eigenvalue weighted by Gasteiger charge is 2.50. The van der Waals surface area contributed by atoms with Gasteiger partial charge < -0.3 is 44.7 Å². The number of benzene rings is 2. The van der Waals surface area contributed by atoms with Gasteiger partial charge >= 0.3 is 11.8 Å². The van der Waals surface area contributed by atoms with E-state index in [1.54, 1.807) is 76.4 Å². The van der Waals surface area contributed by atoms with E-state index in [1.807, 2.05) is 19.1 Å². The molecule has 3 aliphatic rings. The highest BCUT2D eigenvalue weighted by molar-refractivity contribution is 6.28. The van der Waals surface area contributed by atoms with Crippen molar-refractivity contribution in [1.29, 1.82) is 0 Å². The normalized spacial score (nSPS) is 27.8. The minimum absolute atomic E-state index is 0.0179. The number of nitrogens with zero attached hydrogens (tertiary/aromatic N) is 2. The molecule has 5 bridgehead atoms. The lowest BCUT2D eigenvalue weighted by Gasteiger charge is -2.38. The number of allylic oxidation sites excluding steroid dienone is 4. The van der Waals surface area contributed by atoms with Crippen molar-refractivity contribution in [3.63, 3.8) is 0 Å². The molecule has 0 spiro atoms. The van der Waals surface area contributed by atoms with Gasteiger partial charge in [-0.05, 0) is 50.5 Å². The number of aliphatic hydroxyl groups is 2. The molecule has 4 aromatic rings. The molecular weight excluding hydrogens is 783 g/mol. The number of ketones is 1. The van der Waals surface area contributed by atoms with Crippen molar-refractivity contribution in [2.24, 2.45) is 23.7 Å². The Kier molecular flexibility index (Phi) is 13.0. The number of hydrogen-bond acceptors (Lipinski definition) is 12. The molecule has 2 aromatic heterocycles. The van der Waals surface area contributed by atoms with Crippen LogP contribution in [0.1, 0.15) is 83.3 Å². The summed E-state index contributed by atoms with van der Waals surface area (Å²) < 4.78 is 25.7. The first-order valence-electron chi connectivity index (χ1n) is 20.7. The van der Waals surface area contributed by atoms with Crippen LogP contribution in [0.25, 0.3) is 27.5 Å². The molecular formula is C47H57N3O11. The van der Waals surface area contributed by atoms with Gasteiger partial charge in [-0.2, -0.15) is 0 Å². The van der Waals surface area contributed by atoms with Gasteiger partial charge in [-0.3, -0.25) is 18.8 Å². The molecule has 0 saturated heterocycles. The average molecular weight is 840 g/mol. The van der Waals surface area contributed by atoms with Crippen molar-refractivity contribution in [1.82, 2.24) is 9.38 Å². The number of ether oxygens (including phenoxy) is 4. The summed E-state index contributed by atoms with van der Waals surface area (Å²) in [5.74, 6) is -6.99. The van der Waals surface area contributed by atoms with Crippen LogP contribution < -0.4 is 10.1 Å². The number of nitrogens with one attached hydrogen (secondary N) is 1. The SMILES string of the molecule is CCC=CCc1ccn2c(c1)nc1c3c4c5c(C)c(O)c3c(O)c(c12)NC(=O)C(C)=CC=CC(C)C(O)C(C)C(O)C(C)C(OC(C)=O)C(C)C(OC)C=COC(C)(O5)C4=O. The van der Waals surface area contributed by atoms with E-state index in [4.69, 9.17) is 23.9 Å². The highest BCUT2D eigenvalue weighted by atomic mass is 16.7. The Labute approximate surface area is 355 Å². The predicted octanol–water partition coefficient (Wildman–Crippen LogP) is 7.36. The van der Waals surface area contributed by atoms with Crippen LogP contribution in [-0.2, 0) is 30.2 Å². The summed E-state index contributed by atoms with van der Waals surface area (Å²) in [5.41, 5.74) is 2.25. The molecule has 9 unspecified atom stereocenters. The van der Waals surface area contributed by atoms with E-state index in [-0.39, 0.29) is 55.7 Å². The van der Waals surface area contributed by atoms with E-state index in [2.05, 4.69) is 17.5 Å². The first-order valence-corrected chi connectivity index (χ1v) is 20.7. The molecule has 1 amide bonds. The van der Waals surface area contributed by atoms with E-state index in [0.717, 1.165) is 12.0 Å². The lowest BCUT2D eigenvalue weighted by molar-refractivity contribution is -0.160. The summed E-state index contributed by atoms with van der Waals surface area (Å²) in [6.45, 7) is 14.9. The molecule has 326 valence electrons. The number of rotatable bonds is 5. The van der Waals surface area contributed by atoms with Gasteiger partial charge in [0.1, 0.15) is 40.0 Å². The summed E-state index contributed by atoms with van der Waals surface area (Å²) >= 11 is 0. The molecule has 9 atom stereocenters. The summed E-state index contributed by atoms with van der Waals surface area (Å²) in [6, 6.07) is 3.78. The third kappa shape index (κ3) is 8.23. The third-order valence-corrected chi connectivity index (χ3v) is 12.2. The number of phenolic OH excluding ortho intramolecular Hbond substituents is 2. The Balaban J connectivity index is 1.59. The molecule has 5 N–H and O–H groups in total. The lowest BCUT2D eigenvalue weighted by atomic mass is 9.78. The number of anilines is 1. The van der Waals surface area contributed by atoms with Gasteiger partial charge in [-0.15, -0.1) is 0 Å². The van der Waals surface area contributed by atoms with Gasteiger partial charge in [0.05, 0.1) is 35.5 Å². The quantitative estimate of drug-likeness (QED) is 0.0762. The van der Waals surface area contributed by atoms with Crippen LogP contribution in [0.3, 0.4) is 0 Å². The topological polar surface area (TPSA) is 198 Å². The van der Waals surface area contributed by atoms with Gasteiger partial charge in [0, 0.05) is 67.3 Å². The van der Waals surface area contributed by atoms with Gasteiger partial charge in [0.2, 0.25) is 0 Å². The molecule has 0 aliphatic carbocycles. The smallest absolute Gasteiger partial charge is 0.312 e. The fraction of sp³-hybridized carbons (Fsp3) is 0.447. The number of imidazole rings is 1. The van der Waals surface area contributed by atoms with Crippen LogP contribution >= 0.6 is 0 Å². The van der Waals surface area contributed by atoms with Crippen molar-refractivity contribution in [2.75, 3.05) is 12.4 Å². The van der Waals surface area contributed by atoms with Crippen molar-refractivity contribution >= 4 is 50.8 Å². The van der Waals surface area contributed by atoms with Gasteiger partial charge in [0.15, 0.2) is 5.75 Å². The Morgan fingerprint density at radius 2 is 1.74 bits per heavy atom. The number of aliphatic hydroxyl groups excluding tert-OH is 2. The first kappa shape index (κ1) is 44.8. The fourth-order valence-electron chi connectivity index (χ4n) is 8.48.